The van der Waals surface area contributed by atoms with E-state index in [2.05, 4.69) is 10.5 Å². The van der Waals surface area contributed by atoms with Gasteiger partial charge >= 0.3 is 5.97 Å². The number of amides is 1. The Morgan fingerprint density at radius 2 is 1.89 bits per heavy atom. The van der Waals surface area contributed by atoms with Crippen molar-refractivity contribution in [1.29, 1.82) is 0 Å². The Bertz CT molecular complexity index is 1110. The van der Waals surface area contributed by atoms with Crippen molar-refractivity contribution in [2.45, 2.75) is 6.92 Å². The predicted octanol–water partition coefficient (Wildman–Crippen LogP) is 4.66. The number of carbonyl (C=O) groups excluding carboxylic acids is 2. The van der Waals surface area contributed by atoms with E-state index in [-0.39, 0.29) is 5.88 Å². The van der Waals surface area contributed by atoms with E-state index in [0.29, 0.717) is 10.6 Å². The largest absolute Gasteiger partial charge is 0.451 e. The van der Waals surface area contributed by atoms with Crippen molar-refractivity contribution < 1.29 is 18.8 Å². The molecule has 0 bridgehead atoms. The second-order valence-corrected chi connectivity index (χ2v) is 7.30. The molecule has 0 saturated heterocycles. The number of ether oxygens (including phenoxy) is 1. The van der Waals surface area contributed by atoms with Gasteiger partial charge in [-0.25, -0.2) is 4.79 Å². The fourth-order valence-electron chi connectivity index (χ4n) is 2.65. The van der Waals surface area contributed by atoms with Crippen molar-refractivity contribution in [3.8, 4) is 11.3 Å². The summed E-state index contributed by atoms with van der Waals surface area (Å²) in [5, 5.41) is 7.44. The molecule has 0 aliphatic rings. The molecule has 0 aliphatic carbocycles. The number of benzene rings is 2. The molecule has 0 radical (unpaired) electrons. The highest BCUT2D eigenvalue weighted by Crippen LogP contribution is 2.26. The van der Waals surface area contributed by atoms with Gasteiger partial charge in [0.25, 0.3) is 5.91 Å². The third kappa shape index (κ3) is 3.94. The summed E-state index contributed by atoms with van der Waals surface area (Å²) < 4.78 is 11.2. The maximum absolute atomic E-state index is 12.2. The van der Waals surface area contributed by atoms with Gasteiger partial charge in [0.2, 0.25) is 5.88 Å². The van der Waals surface area contributed by atoms with Crippen LogP contribution in [0.5, 0.6) is 0 Å². The van der Waals surface area contributed by atoms with Crippen LogP contribution >= 0.6 is 11.3 Å². The molecule has 0 unspecified atom stereocenters. The van der Waals surface area contributed by atoms with Crippen molar-refractivity contribution in [1.82, 2.24) is 5.16 Å². The summed E-state index contributed by atoms with van der Waals surface area (Å²) in [5.74, 6) is -0.839. The van der Waals surface area contributed by atoms with Gasteiger partial charge in [0.05, 0.1) is 0 Å². The van der Waals surface area contributed by atoms with Crippen LogP contribution in [0.4, 0.5) is 5.88 Å². The van der Waals surface area contributed by atoms with E-state index in [4.69, 9.17) is 9.26 Å². The number of esters is 1. The number of rotatable bonds is 5. The molecular formula is C21H16N2O4S. The summed E-state index contributed by atoms with van der Waals surface area (Å²) in [7, 11) is 0. The SMILES string of the molecule is Cc1ccc(-c2cc(NC(=O)COC(=O)c3cc4ccccc4s3)on2)cc1. The maximum atomic E-state index is 12.2. The van der Waals surface area contributed by atoms with E-state index in [0.717, 1.165) is 21.2 Å². The van der Waals surface area contributed by atoms with Crippen molar-refractivity contribution in [2.75, 3.05) is 11.9 Å². The molecule has 0 atom stereocenters. The number of nitrogens with one attached hydrogen (secondary N) is 1. The van der Waals surface area contributed by atoms with Crippen LogP contribution in [0.15, 0.2) is 65.2 Å². The number of aromatic nitrogens is 1. The molecule has 4 rings (SSSR count). The molecule has 4 aromatic rings. The van der Waals surface area contributed by atoms with Gasteiger partial charge in [0.15, 0.2) is 6.61 Å². The highest BCUT2D eigenvalue weighted by atomic mass is 32.1. The lowest BCUT2D eigenvalue weighted by molar-refractivity contribution is -0.119. The molecule has 2 aromatic heterocycles. The molecule has 2 aromatic carbocycles. The Morgan fingerprint density at radius 1 is 1.11 bits per heavy atom. The molecule has 28 heavy (non-hydrogen) atoms. The first kappa shape index (κ1) is 17.9. The van der Waals surface area contributed by atoms with Gasteiger partial charge in [-0.1, -0.05) is 53.2 Å². The molecule has 1 amide bonds. The molecule has 140 valence electrons. The summed E-state index contributed by atoms with van der Waals surface area (Å²) in [6.45, 7) is 1.59. The predicted molar refractivity (Wildman–Crippen MR) is 107 cm³/mol. The highest BCUT2D eigenvalue weighted by Gasteiger charge is 2.15. The molecule has 1 N–H and O–H groups in total. The van der Waals surface area contributed by atoms with Crippen LogP contribution in [0.25, 0.3) is 21.3 Å². The van der Waals surface area contributed by atoms with E-state index in [9.17, 15) is 9.59 Å². The molecule has 0 aliphatic heterocycles. The van der Waals surface area contributed by atoms with E-state index in [1.807, 2.05) is 55.5 Å². The highest BCUT2D eigenvalue weighted by molar-refractivity contribution is 7.20. The molecule has 0 fully saturated rings. The number of hydrogen-bond acceptors (Lipinski definition) is 6. The quantitative estimate of drug-likeness (QED) is 0.500. The second-order valence-electron chi connectivity index (χ2n) is 6.22. The van der Waals surface area contributed by atoms with Crippen LogP contribution in [0.2, 0.25) is 0 Å². The third-order valence-corrected chi connectivity index (χ3v) is 5.18. The summed E-state index contributed by atoms with van der Waals surface area (Å²) in [6.07, 6.45) is 0. The van der Waals surface area contributed by atoms with Gasteiger partial charge in [-0.2, -0.15) is 0 Å². The Kier molecular flexibility index (Phi) is 4.90. The van der Waals surface area contributed by atoms with Gasteiger partial charge in [0.1, 0.15) is 10.6 Å². The van der Waals surface area contributed by atoms with Crippen LogP contribution in [0, 0.1) is 6.92 Å². The van der Waals surface area contributed by atoms with Crippen molar-refractivity contribution in [2.24, 2.45) is 0 Å². The van der Waals surface area contributed by atoms with Crippen molar-refractivity contribution in [3.05, 3.63) is 71.1 Å². The lowest BCUT2D eigenvalue weighted by atomic mass is 10.1. The monoisotopic (exact) mass is 392 g/mol. The lowest BCUT2D eigenvalue weighted by Gasteiger charge is -2.02. The molecule has 0 spiro atoms. The van der Waals surface area contributed by atoms with Crippen LogP contribution in [-0.4, -0.2) is 23.6 Å². The normalized spacial score (nSPS) is 10.8. The minimum atomic E-state index is -0.533. The van der Waals surface area contributed by atoms with Gasteiger partial charge in [0, 0.05) is 16.3 Å². The number of fused-ring (bicyclic) bond motifs is 1. The zero-order chi connectivity index (χ0) is 19.5. The molecule has 6 nitrogen and oxygen atoms in total. The number of anilines is 1. The van der Waals surface area contributed by atoms with Gasteiger partial charge < -0.3 is 9.26 Å². The van der Waals surface area contributed by atoms with Crippen LogP contribution in [0.3, 0.4) is 0 Å². The average molecular weight is 392 g/mol. The lowest BCUT2D eigenvalue weighted by Crippen LogP contribution is -2.20. The van der Waals surface area contributed by atoms with Gasteiger partial charge in [-0.15, -0.1) is 11.3 Å². The third-order valence-electron chi connectivity index (χ3n) is 4.08. The fraction of sp³-hybridized carbons (Fsp3) is 0.0952. The first-order chi connectivity index (χ1) is 13.6. The summed E-state index contributed by atoms with van der Waals surface area (Å²) in [4.78, 5) is 24.7. The zero-order valence-electron chi connectivity index (χ0n) is 15.0. The van der Waals surface area contributed by atoms with E-state index in [1.54, 1.807) is 12.1 Å². The van der Waals surface area contributed by atoms with Crippen LogP contribution in [0.1, 0.15) is 15.2 Å². The number of thiophene rings is 1. The summed E-state index contributed by atoms with van der Waals surface area (Å²) >= 11 is 1.33. The first-order valence-corrected chi connectivity index (χ1v) is 9.39. The minimum Gasteiger partial charge on any atom is -0.451 e. The Balaban J connectivity index is 1.34. The van der Waals surface area contributed by atoms with Crippen molar-refractivity contribution >= 4 is 39.2 Å². The Labute approximate surface area is 164 Å². The molecule has 0 saturated carbocycles. The summed E-state index contributed by atoms with van der Waals surface area (Å²) in [6, 6.07) is 18.8. The average Bonchev–Trinajstić information content (AvgIpc) is 3.33. The molecule has 2 heterocycles. The smallest absolute Gasteiger partial charge is 0.348 e. The second kappa shape index (κ2) is 7.66. The number of hydrogen-bond donors (Lipinski definition) is 1. The zero-order valence-corrected chi connectivity index (χ0v) is 15.8. The van der Waals surface area contributed by atoms with E-state index < -0.39 is 18.5 Å². The fourth-order valence-corrected chi connectivity index (χ4v) is 3.61. The topological polar surface area (TPSA) is 81.4 Å². The molecule has 7 heteroatoms. The van der Waals surface area contributed by atoms with E-state index in [1.165, 1.54) is 11.3 Å². The van der Waals surface area contributed by atoms with Gasteiger partial charge in [-0.3, -0.25) is 10.1 Å². The number of aryl methyl sites for hydroxylation is 1. The standard InChI is InChI=1S/C21H16N2O4S/c1-13-6-8-14(9-7-13)16-11-20(27-23-16)22-19(24)12-26-21(25)18-10-15-4-2-3-5-17(15)28-18/h2-11H,12H2,1H3,(H,22,24). The Morgan fingerprint density at radius 3 is 2.68 bits per heavy atom. The van der Waals surface area contributed by atoms with Crippen LogP contribution in [-0.2, 0) is 9.53 Å². The Hall–Kier alpha value is -3.45. The number of carbonyl (C=O) groups is 2. The number of nitrogens with zero attached hydrogens (tertiary/aromatic N) is 1. The van der Waals surface area contributed by atoms with Crippen LogP contribution < -0.4 is 5.32 Å². The first-order valence-electron chi connectivity index (χ1n) is 8.58. The minimum absolute atomic E-state index is 0.193. The van der Waals surface area contributed by atoms with E-state index >= 15 is 0 Å². The molecular weight excluding hydrogens is 376 g/mol. The summed E-state index contributed by atoms with van der Waals surface area (Å²) in [5.41, 5.74) is 2.63. The van der Waals surface area contributed by atoms with Crippen molar-refractivity contribution in [3.63, 3.8) is 0 Å². The maximum Gasteiger partial charge on any atom is 0.348 e. The van der Waals surface area contributed by atoms with Gasteiger partial charge in [-0.05, 0) is 24.4 Å².